The minimum atomic E-state index is -0.162. The second-order valence-corrected chi connectivity index (χ2v) is 6.16. The maximum Gasteiger partial charge on any atom is 0.0621 e. The zero-order valence-electron chi connectivity index (χ0n) is 11.9. The highest BCUT2D eigenvalue weighted by Crippen LogP contribution is 2.41. The van der Waals surface area contributed by atoms with Gasteiger partial charge in [0.05, 0.1) is 6.10 Å². The van der Waals surface area contributed by atoms with Crippen LogP contribution in [0.4, 0.5) is 0 Å². The summed E-state index contributed by atoms with van der Waals surface area (Å²) in [5.41, 5.74) is 2.64. The van der Waals surface area contributed by atoms with Crippen LogP contribution in [-0.4, -0.2) is 17.3 Å². The van der Waals surface area contributed by atoms with Gasteiger partial charge < -0.3 is 10.4 Å². The molecule has 2 nitrogen and oxygen atoms in total. The fraction of sp³-hybridized carbons (Fsp3) is 0.625. The molecule has 18 heavy (non-hydrogen) atoms. The van der Waals surface area contributed by atoms with E-state index in [0.29, 0.717) is 12.1 Å². The molecule has 0 aromatic heterocycles. The molecular weight excluding hydrogens is 222 g/mol. The first-order valence-electron chi connectivity index (χ1n) is 6.95. The minimum Gasteiger partial charge on any atom is -0.392 e. The zero-order chi connectivity index (χ0) is 13.3. The van der Waals surface area contributed by atoms with Crippen LogP contribution in [0.15, 0.2) is 24.3 Å². The lowest BCUT2D eigenvalue weighted by Gasteiger charge is -2.51. The lowest BCUT2D eigenvalue weighted by molar-refractivity contribution is -0.0762. The molecule has 100 valence electrons. The Hall–Kier alpha value is -0.860. The molecule has 0 radical (unpaired) electrons. The fourth-order valence-corrected chi connectivity index (χ4v) is 2.68. The molecule has 3 unspecified atom stereocenters. The van der Waals surface area contributed by atoms with Crippen molar-refractivity contribution in [3.8, 4) is 0 Å². The Balaban J connectivity index is 2.04. The van der Waals surface area contributed by atoms with Crippen LogP contribution in [0.25, 0.3) is 0 Å². The number of aliphatic hydroxyl groups is 1. The third kappa shape index (κ3) is 2.45. The van der Waals surface area contributed by atoms with E-state index in [1.807, 2.05) is 0 Å². The standard InChI is InChI=1S/C16H25NO/c1-5-13(12-8-6-11(2)7-9-12)17-14-10-15(18)16(14,3)4/h6-9,13-15,17-18H,5,10H2,1-4H3. The van der Waals surface area contributed by atoms with Gasteiger partial charge in [-0.05, 0) is 25.3 Å². The summed E-state index contributed by atoms with van der Waals surface area (Å²) >= 11 is 0. The van der Waals surface area contributed by atoms with Gasteiger partial charge in [-0.15, -0.1) is 0 Å². The van der Waals surface area contributed by atoms with Gasteiger partial charge in [0.15, 0.2) is 0 Å². The van der Waals surface area contributed by atoms with Crippen molar-refractivity contribution in [1.82, 2.24) is 5.32 Å². The van der Waals surface area contributed by atoms with Crippen molar-refractivity contribution in [2.45, 2.75) is 58.7 Å². The van der Waals surface area contributed by atoms with Crippen molar-refractivity contribution >= 4 is 0 Å². The molecule has 3 atom stereocenters. The number of nitrogens with one attached hydrogen (secondary N) is 1. The molecule has 1 saturated carbocycles. The summed E-state index contributed by atoms with van der Waals surface area (Å²) in [7, 11) is 0. The van der Waals surface area contributed by atoms with Crippen LogP contribution in [0.5, 0.6) is 0 Å². The third-order valence-corrected chi connectivity index (χ3v) is 4.51. The smallest absolute Gasteiger partial charge is 0.0621 e. The van der Waals surface area contributed by atoms with Gasteiger partial charge in [-0.3, -0.25) is 0 Å². The molecule has 2 rings (SSSR count). The summed E-state index contributed by atoms with van der Waals surface area (Å²) in [6, 6.07) is 9.55. The monoisotopic (exact) mass is 247 g/mol. The van der Waals surface area contributed by atoms with Gasteiger partial charge in [-0.25, -0.2) is 0 Å². The highest BCUT2D eigenvalue weighted by atomic mass is 16.3. The van der Waals surface area contributed by atoms with Gasteiger partial charge in [0.25, 0.3) is 0 Å². The molecule has 0 aliphatic heterocycles. The Labute approximate surface area is 110 Å². The molecule has 0 heterocycles. The van der Waals surface area contributed by atoms with E-state index in [0.717, 1.165) is 12.8 Å². The minimum absolute atomic E-state index is 0.00187. The Morgan fingerprint density at radius 3 is 2.39 bits per heavy atom. The molecule has 0 bridgehead atoms. The summed E-state index contributed by atoms with van der Waals surface area (Å²) in [5, 5.41) is 13.5. The van der Waals surface area contributed by atoms with Gasteiger partial charge in [0.2, 0.25) is 0 Å². The van der Waals surface area contributed by atoms with E-state index >= 15 is 0 Å². The first-order valence-corrected chi connectivity index (χ1v) is 6.95. The van der Waals surface area contributed by atoms with Crippen molar-refractivity contribution in [3.63, 3.8) is 0 Å². The summed E-state index contributed by atoms with van der Waals surface area (Å²) in [6.07, 6.45) is 1.78. The van der Waals surface area contributed by atoms with E-state index in [9.17, 15) is 5.11 Å². The van der Waals surface area contributed by atoms with Crippen molar-refractivity contribution in [1.29, 1.82) is 0 Å². The van der Waals surface area contributed by atoms with Crippen molar-refractivity contribution in [2.75, 3.05) is 0 Å². The average molecular weight is 247 g/mol. The van der Waals surface area contributed by atoms with E-state index < -0.39 is 0 Å². The Kier molecular flexibility index (Phi) is 3.79. The summed E-state index contributed by atoms with van der Waals surface area (Å²) in [5.74, 6) is 0. The Morgan fingerprint density at radius 2 is 1.94 bits per heavy atom. The maximum atomic E-state index is 9.80. The summed E-state index contributed by atoms with van der Waals surface area (Å²) < 4.78 is 0. The van der Waals surface area contributed by atoms with Crippen molar-refractivity contribution in [2.24, 2.45) is 5.41 Å². The summed E-state index contributed by atoms with van der Waals surface area (Å²) in [4.78, 5) is 0. The maximum absolute atomic E-state index is 9.80. The SMILES string of the molecule is CCC(NC1CC(O)C1(C)C)c1ccc(C)cc1. The highest BCUT2D eigenvalue weighted by Gasteiger charge is 2.47. The molecule has 2 heteroatoms. The molecule has 0 saturated heterocycles. The molecular formula is C16H25NO. The van der Waals surface area contributed by atoms with E-state index in [-0.39, 0.29) is 11.5 Å². The number of aryl methyl sites for hydroxylation is 1. The Morgan fingerprint density at radius 1 is 1.33 bits per heavy atom. The van der Waals surface area contributed by atoms with Crippen LogP contribution < -0.4 is 5.32 Å². The first kappa shape index (κ1) is 13.6. The number of hydrogen-bond acceptors (Lipinski definition) is 2. The number of rotatable bonds is 4. The van der Waals surface area contributed by atoms with E-state index in [2.05, 4.69) is 57.3 Å². The molecule has 2 N–H and O–H groups in total. The quantitative estimate of drug-likeness (QED) is 0.856. The molecule has 1 aromatic rings. The normalized spacial score (nSPS) is 27.6. The number of aliphatic hydroxyl groups excluding tert-OH is 1. The summed E-state index contributed by atoms with van der Waals surface area (Å²) in [6.45, 7) is 8.60. The number of benzene rings is 1. The van der Waals surface area contributed by atoms with Gasteiger partial charge in [-0.2, -0.15) is 0 Å². The average Bonchev–Trinajstić information content (AvgIpc) is 2.35. The van der Waals surface area contributed by atoms with Gasteiger partial charge in [0.1, 0.15) is 0 Å². The molecule has 1 aliphatic carbocycles. The molecule has 1 aromatic carbocycles. The van der Waals surface area contributed by atoms with Crippen LogP contribution in [0.2, 0.25) is 0 Å². The third-order valence-electron chi connectivity index (χ3n) is 4.51. The van der Waals surface area contributed by atoms with E-state index in [4.69, 9.17) is 0 Å². The predicted molar refractivity (Wildman–Crippen MR) is 75.5 cm³/mol. The second-order valence-electron chi connectivity index (χ2n) is 6.16. The lowest BCUT2D eigenvalue weighted by atomic mass is 9.64. The second kappa shape index (κ2) is 5.02. The van der Waals surface area contributed by atoms with Gasteiger partial charge >= 0.3 is 0 Å². The van der Waals surface area contributed by atoms with Crippen LogP contribution in [0, 0.1) is 12.3 Å². The fourth-order valence-electron chi connectivity index (χ4n) is 2.68. The van der Waals surface area contributed by atoms with E-state index in [1.54, 1.807) is 0 Å². The number of hydrogen-bond donors (Lipinski definition) is 2. The van der Waals surface area contributed by atoms with Crippen LogP contribution in [-0.2, 0) is 0 Å². The lowest BCUT2D eigenvalue weighted by Crippen LogP contribution is -2.60. The predicted octanol–water partition coefficient (Wildman–Crippen LogP) is 3.20. The Bertz CT molecular complexity index is 396. The molecule has 1 fully saturated rings. The topological polar surface area (TPSA) is 32.3 Å². The largest absolute Gasteiger partial charge is 0.392 e. The molecule has 1 aliphatic rings. The van der Waals surface area contributed by atoms with Crippen LogP contribution >= 0.6 is 0 Å². The van der Waals surface area contributed by atoms with Crippen molar-refractivity contribution < 1.29 is 5.11 Å². The van der Waals surface area contributed by atoms with Crippen molar-refractivity contribution in [3.05, 3.63) is 35.4 Å². The zero-order valence-corrected chi connectivity index (χ0v) is 11.9. The first-order chi connectivity index (χ1) is 8.45. The van der Waals surface area contributed by atoms with Crippen LogP contribution in [0.3, 0.4) is 0 Å². The van der Waals surface area contributed by atoms with Gasteiger partial charge in [0, 0.05) is 17.5 Å². The van der Waals surface area contributed by atoms with E-state index in [1.165, 1.54) is 11.1 Å². The highest BCUT2D eigenvalue weighted by molar-refractivity contribution is 5.24. The van der Waals surface area contributed by atoms with Crippen LogP contribution in [0.1, 0.15) is 50.8 Å². The molecule has 0 amide bonds. The molecule has 0 spiro atoms. The van der Waals surface area contributed by atoms with Gasteiger partial charge in [-0.1, -0.05) is 50.6 Å².